The number of benzene rings is 1. The molecule has 2 rings (SSSR count). The summed E-state index contributed by atoms with van der Waals surface area (Å²) in [5.74, 6) is 0. The number of aryl methyl sites for hydroxylation is 3. The molecule has 0 bridgehead atoms. The second kappa shape index (κ2) is 6.51. The lowest BCUT2D eigenvalue weighted by Gasteiger charge is -2.26. The summed E-state index contributed by atoms with van der Waals surface area (Å²) in [6, 6.07) is 10.7. The van der Waals surface area contributed by atoms with Gasteiger partial charge in [-0.2, -0.15) is 0 Å². The fourth-order valence-corrected chi connectivity index (χ4v) is 3.12. The molecule has 2 nitrogen and oxygen atoms in total. The van der Waals surface area contributed by atoms with Crippen LogP contribution in [0.4, 0.5) is 0 Å². The fraction of sp³-hybridized carbons (Fsp3) is 0.471. The van der Waals surface area contributed by atoms with E-state index in [2.05, 4.69) is 68.3 Å². The maximum absolute atomic E-state index is 4.48. The lowest BCUT2D eigenvalue weighted by molar-refractivity contribution is 0.361. The molecular formula is C17H24N2S. The minimum atomic E-state index is 0.139. The molecule has 1 aromatic carbocycles. The maximum Gasteiger partial charge on any atom is 0.0900 e. The van der Waals surface area contributed by atoms with Crippen molar-refractivity contribution in [3.8, 4) is 0 Å². The van der Waals surface area contributed by atoms with Crippen LogP contribution in [0.15, 0.2) is 30.3 Å². The van der Waals surface area contributed by atoms with Crippen molar-refractivity contribution < 1.29 is 0 Å². The molecule has 20 heavy (non-hydrogen) atoms. The van der Waals surface area contributed by atoms with Crippen molar-refractivity contribution in [3.05, 3.63) is 51.5 Å². The van der Waals surface area contributed by atoms with Crippen LogP contribution in [0.3, 0.4) is 0 Å². The molecule has 1 aromatic heterocycles. The van der Waals surface area contributed by atoms with Gasteiger partial charge in [0.25, 0.3) is 0 Å². The van der Waals surface area contributed by atoms with Gasteiger partial charge in [0.1, 0.15) is 0 Å². The summed E-state index contributed by atoms with van der Waals surface area (Å²) >= 11 is 1.80. The van der Waals surface area contributed by atoms with E-state index in [9.17, 15) is 0 Å². The Morgan fingerprint density at radius 1 is 1.15 bits per heavy atom. The Morgan fingerprint density at radius 2 is 1.85 bits per heavy atom. The van der Waals surface area contributed by atoms with Gasteiger partial charge in [0.05, 0.1) is 10.7 Å². The van der Waals surface area contributed by atoms with Crippen LogP contribution in [0.25, 0.3) is 0 Å². The summed E-state index contributed by atoms with van der Waals surface area (Å²) < 4.78 is 0. The van der Waals surface area contributed by atoms with E-state index in [4.69, 9.17) is 0 Å². The standard InChI is InChI=1S/C17H24N2S/c1-13-16(20-14(2)19-13)12-18-17(3,4)11-10-15-8-6-5-7-9-15/h5-9,18H,10-12H2,1-4H3. The number of thiazole rings is 1. The van der Waals surface area contributed by atoms with E-state index in [1.165, 1.54) is 16.1 Å². The van der Waals surface area contributed by atoms with Gasteiger partial charge in [-0.15, -0.1) is 11.3 Å². The van der Waals surface area contributed by atoms with Crippen LogP contribution >= 0.6 is 11.3 Å². The van der Waals surface area contributed by atoms with E-state index in [1.54, 1.807) is 11.3 Å². The van der Waals surface area contributed by atoms with Crippen LogP contribution in [0.1, 0.15) is 41.4 Å². The molecule has 0 aliphatic heterocycles. The number of hydrogen-bond donors (Lipinski definition) is 1. The molecule has 0 saturated heterocycles. The largest absolute Gasteiger partial charge is 0.307 e. The quantitative estimate of drug-likeness (QED) is 0.859. The highest BCUT2D eigenvalue weighted by Crippen LogP contribution is 2.19. The summed E-state index contributed by atoms with van der Waals surface area (Å²) in [6.45, 7) is 9.64. The van der Waals surface area contributed by atoms with Gasteiger partial charge in [0, 0.05) is 17.0 Å². The molecule has 1 heterocycles. The maximum atomic E-state index is 4.48. The Bertz CT molecular complexity index is 543. The third-order valence-electron chi connectivity index (χ3n) is 3.61. The van der Waals surface area contributed by atoms with Gasteiger partial charge in [-0.3, -0.25) is 0 Å². The van der Waals surface area contributed by atoms with Crippen molar-refractivity contribution in [1.29, 1.82) is 0 Å². The molecule has 0 atom stereocenters. The summed E-state index contributed by atoms with van der Waals surface area (Å²) in [5, 5.41) is 4.82. The van der Waals surface area contributed by atoms with Crippen LogP contribution in [-0.4, -0.2) is 10.5 Å². The first kappa shape index (κ1) is 15.2. The first-order valence-electron chi connectivity index (χ1n) is 7.18. The van der Waals surface area contributed by atoms with Gasteiger partial charge in [0.15, 0.2) is 0 Å². The minimum absolute atomic E-state index is 0.139. The molecule has 0 amide bonds. The molecule has 0 aliphatic rings. The van der Waals surface area contributed by atoms with Crippen LogP contribution in [0.5, 0.6) is 0 Å². The Balaban J connectivity index is 1.86. The molecule has 1 N–H and O–H groups in total. The van der Waals surface area contributed by atoms with Gasteiger partial charge in [-0.1, -0.05) is 30.3 Å². The third-order valence-corrected chi connectivity index (χ3v) is 4.68. The molecule has 0 spiro atoms. The zero-order valence-corrected chi connectivity index (χ0v) is 13.7. The molecule has 0 aliphatic carbocycles. The molecule has 108 valence electrons. The topological polar surface area (TPSA) is 24.9 Å². The number of nitrogens with zero attached hydrogens (tertiary/aromatic N) is 1. The molecule has 0 saturated carbocycles. The van der Waals surface area contributed by atoms with E-state index in [0.29, 0.717) is 0 Å². The smallest absolute Gasteiger partial charge is 0.0900 e. The number of nitrogens with one attached hydrogen (secondary N) is 1. The zero-order valence-electron chi connectivity index (χ0n) is 12.9. The third kappa shape index (κ3) is 4.43. The first-order chi connectivity index (χ1) is 9.46. The van der Waals surface area contributed by atoms with Gasteiger partial charge in [0.2, 0.25) is 0 Å². The van der Waals surface area contributed by atoms with Crippen molar-refractivity contribution in [1.82, 2.24) is 10.3 Å². The van der Waals surface area contributed by atoms with Gasteiger partial charge >= 0.3 is 0 Å². The first-order valence-corrected chi connectivity index (χ1v) is 8.00. The van der Waals surface area contributed by atoms with E-state index < -0.39 is 0 Å². The molecule has 0 radical (unpaired) electrons. The minimum Gasteiger partial charge on any atom is -0.307 e. The molecule has 0 fully saturated rings. The molecule has 2 aromatic rings. The highest BCUT2D eigenvalue weighted by Gasteiger charge is 2.17. The van der Waals surface area contributed by atoms with Crippen molar-refractivity contribution in [3.63, 3.8) is 0 Å². The Hall–Kier alpha value is -1.19. The van der Waals surface area contributed by atoms with Gasteiger partial charge in [-0.05, 0) is 46.1 Å². The average Bonchev–Trinajstić information content (AvgIpc) is 2.74. The fourth-order valence-electron chi connectivity index (χ4n) is 2.25. The molecule has 3 heteroatoms. The second-order valence-electron chi connectivity index (χ2n) is 5.96. The van der Waals surface area contributed by atoms with Crippen LogP contribution in [0.2, 0.25) is 0 Å². The zero-order chi connectivity index (χ0) is 14.6. The Morgan fingerprint density at radius 3 is 2.45 bits per heavy atom. The summed E-state index contributed by atoms with van der Waals surface area (Å²) in [4.78, 5) is 5.84. The SMILES string of the molecule is Cc1nc(C)c(CNC(C)(C)CCc2ccccc2)s1. The normalized spacial score (nSPS) is 11.8. The predicted molar refractivity (Wildman–Crippen MR) is 87.3 cm³/mol. The lowest BCUT2D eigenvalue weighted by Crippen LogP contribution is -2.39. The number of aromatic nitrogens is 1. The average molecular weight is 288 g/mol. The van der Waals surface area contributed by atoms with E-state index in [1.807, 2.05) is 0 Å². The summed E-state index contributed by atoms with van der Waals surface area (Å²) in [6.07, 6.45) is 2.25. The second-order valence-corrected chi connectivity index (χ2v) is 7.25. The van der Waals surface area contributed by atoms with E-state index in [-0.39, 0.29) is 5.54 Å². The van der Waals surface area contributed by atoms with Crippen LogP contribution in [-0.2, 0) is 13.0 Å². The summed E-state index contributed by atoms with van der Waals surface area (Å²) in [7, 11) is 0. The molecular weight excluding hydrogens is 264 g/mol. The van der Waals surface area contributed by atoms with Crippen molar-refractivity contribution in [2.45, 2.75) is 52.6 Å². The monoisotopic (exact) mass is 288 g/mol. The number of hydrogen-bond acceptors (Lipinski definition) is 3. The van der Waals surface area contributed by atoms with E-state index in [0.717, 1.165) is 24.4 Å². The Labute approximate surface area is 126 Å². The van der Waals surface area contributed by atoms with Crippen molar-refractivity contribution in [2.24, 2.45) is 0 Å². The van der Waals surface area contributed by atoms with Crippen LogP contribution < -0.4 is 5.32 Å². The lowest BCUT2D eigenvalue weighted by atomic mass is 9.95. The van der Waals surface area contributed by atoms with E-state index >= 15 is 0 Å². The Kier molecular flexibility index (Phi) is 4.95. The van der Waals surface area contributed by atoms with Gasteiger partial charge < -0.3 is 5.32 Å². The highest BCUT2D eigenvalue weighted by molar-refractivity contribution is 7.11. The van der Waals surface area contributed by atoms with Gasteiger partial charge in [-0.25, -0.2) is 4.98 Å². The molecule has 0 unspecified atom stereocenters. The highest BCUT2D eigenvalue weighted by atomic mass is 32.1. The van der Waals surface area contributed by atoms with Crippen LogP contribution in [0, 0.1) is 13.8 Å². The van der Waals surface area contributed by atoms with Crippen molar-refractivity contribution in [2.75, 3.05) is 0 Å². The summed E-state index contributed by atoms with van der Waals surface area (Å²) in [5.41, 5.74) is 2.71. The van der Waals surface area contributed by atoms with Crippen molar-refractivity contribution >= 4 is 11.3 Å². The predicted octanol–water partition coefficient (Wildman–Crippen LogP) is 4.26. The number of rotatable bonds is 6.